The summed E-state index contributed by atoms with van der Waals surface area (Å²) in [5, 5.41) is 2.97. The van der Waals surface area contributed by atoms with E-state index in [1.165, 1.54) is 0 Å². The number of benzene rings is 2. The minimum absolute atomic E-state index is 0.574. The second-order valence-corrected chi connectivity index (χ2v) is 6.55. The van der Waals surface area contributed by atoms with E-state index in [2.05, 4.69) is 0 Å². The lowest BCUT2D eigenvalue weighted by Gasteiger charge is -2.18. The number of hydrogen-bond acceptors (Lipinski definition) is 6. The van der Waals surface area contributed by atoms with Crippen LogP contribution in [-0.4, -0.2) is 31.9 Å². The van der Waals surface area contributed by atoms with Crippen molar-refractivity contribution in [2.45, 2.75) is 6.92 Å². The summed E-state index contributed by atoms with van der Waals surface area (Å²) < 4.78 is 22.3. The molecule has 0 amide bonds. The topological polar surface area (TPSA) is 49.8 Å². The van der Waals surface area contributed by atoms with E-state index >= 15 is 0 Å². The van der Waals surface area contributed by atoms with Crippen LogP contribution in [0.4, 0.5) is 0 Å². The van der Waals surface area contributed by atoms with Gasteiger partial charge in [0.05, 0.1) is 19.4 Å². The molecule has 1 aliphatic heterocycles. The van der Waals surface area contributed by atoms with Gasteiger partial charge in [-0.25, -0.2) is 4.98 Å². The fourth-order valence-electron chi connectivity index (χ4n) is 2.82. The van der Waals surface area contributed by atoms with E-state index in [9.17, 15) is 0 Å². The summed E-state index contributed by atoms with van der Waals surface area (Å²) in [7, 11) is 1.64. The SMILES string of the molecule is CCOc1ccc(-c2nc(-c3ccc4c(c3)OCCO4)cs2)cc1OC. The van der Waals surface area contributed by atoms with Crippen molar-refractivity contribution in [2.75, 3.05) is 26.9 Å². The zero-order valence-corrected chi connectivity index (χ0v) is 15.5. The molecule has 1 aliphatic rings. The van der Waals surface area contributed by atoms with Crippen molar-refractivity contribution in [3.05, 3.63) is 41.8 Å². The summed E-state index contributed by atoms with van der Waals surface area (Å²) in [4.78, 5) is 4.78. The second-order valence-electron chi connectivity index (χ2n) is 5.69. The van der Waals surface area contributed by atoms with E-state index < -0.39 is 0 Å². The van der Waals surface area contributed by atoms with Crippen LogP contribution in [0.25, 0.3) is 21.8 Å². The summed E-state index contributed by atoms with van der Waals surface area (Å²) >= 11 is 1.59. The number of thiazole rings is 1. The summed E-state index contributed by atoms with van der Waals surface area (Å²) in [6.45, 7) is 3.71. The van der Waals surface area contributed by atoms with Crippen molar-refractivity contribution in [1.82, 2.24) is 4.98 Å². The lowest BCUT2D eigenvalue weighted by atomic mass is 10.1. The Morgan fingerprint density at radius 3 is 2.62 bits per heavy atom. The molecule has 0 unspecified atom stereocenters. The van der Waals surface area contributed by atoms with E-state index in [-0.39, 0.29) is 0 Å². The van der Waals surface area contributed by atoms with Crippen LogP contribution < -0.4 is 18.9 Å². The highest BCUT2D eigenvalue weighted by molar-refractivity contribution is 7.13. The maximum Gasteiger partial charge on any atom is 0.162 e. The van der Waals surface area contributed by atoms with E-state index in [4.69, 9.17) is 23.9 Å². The minimum Gasteiger partial charge on any atom is -0.493 e. The van der Waals surface area contributed by atoms with Crippen LogP contribution in [0.5, 0.6) is 23.0 Å². The first-order valence-corrected chi connectivity index (χ1v) is 9.33. The van der Waals surface area contributed by atoms with Gasteiger partial charge in [0.15, 0.2) is 23.0 Å². The summed E-state index contributed by atoms with van der Waals surface area (Å²) in [6, 6.07) is 11.8. The van der Waals surface area contributed by atoms with Gasteiger partial charge in [-0.15, -0.1) is 11.3 Å². The standard InChI is InChI=1S/C20H19NO4S/c1-3-23-16-7-5-14(11-18(16)22-2)20-21-15(12-26-20)13-4-6-17-19(10-13)25-9-8-24-17/h4-7,10-12H,3,8-9H2,1-2H3. The molecule has 0 radical (unpaired) electrons. The molecule has 0 N–H and O–H groups in total. The van der Waals surface area contributed by atoms with Crippen LogP contribution in [0.3, 0.4) is 0 Å². The van der Waals surface area contributed by atoms with E-state index in [0.717, 1.165) is 39.1 Å². The third-order valence-corrected chi connectivity index (χ3v) is 4.94. The number of aromatic nitrogens is 1. The number of nitrogens with zero attached hydrogens (tertiary/aromatic N) is 1. The molecule has 0 fully saturated rings. The average molecular weight is 369 g/mol. The Hall–Kier alpha value is -2.73. The molecule has 2 heterocycles. The van der Waals surface area contributed by atoms with Crippen molar-refractivity contribution in [3.8, 4) is 44.8 Å². The molecule has 5 nitrogen and oxygen atoms in total. The van der Waals surface area contributed by atoms with Gasteiger partial charge in [0.2, 0.25) is 0 Å². The van der Waals surface area contributed by atoms with Crippen LogP contribution in [0.15, 0.2) is 41.8 Å². The molecule has 3 aromatic rings. The Balaban J connectivity index is 1.64. The molecule has 134 valence electrons. The Bertz CT molecular complexity index is 922. The van der Waals surface area contributed by atoms with Gasteiger partial charge in [-0.2, -0.15) is 0 Å². The first-order valence-electron chi connectivity index (χ1n) is 8.45. The third kappa shape index (κ3) is 3.20. The maximum absolute atomic E-state index is 5.66. The smallest absolute Gasteiger partial charge is 0.162 e. The molecule has 0 saturated carbocycles. The lowest BCUT2D eigenvalue weighted by molar-refractivity contribution is 0.171. The van der Waals surface area contributed by atoms with E-state index in [1.54, 1.807) is 18.4 Å². The van der Waals surface area contributed by atoms with Gasteiger partial charge in [0.1, 0.15) is 18.2 Å². The van der Waals surface area contributed by atoms with Gasteiger partial charge >= 0.3 is 0 Å². The van der Waals surface area contributed by atoms with Crippen molar-refractivity contribution in [3.63, 3.8) is 0 Å². The molecule has 1 aromatic heterocycles. The molecule has 0 spiro atoms. The predicted molar refractivity (Wildman–Crippen MR) is 102 cm³/mol. The predicted octanol–water partition coefficient (Wildman–Crippen LogP) is 4.66. The molecule has 6 heteroatoms. The van der Waals surface area contributed by atoms with Gasteiger partial charge in [-0.1, -0.05) is 0 Å². The van der Waals surface area contributed by atoms with Crippen LogP contribution in [0.2, 0.25) is 0 Å². The van der Waals surface area contributed by atoms with Crippen LogP contribution in [-0.2, 0) is 0 Å². The van der Waals surface area contributed by atoms with Crippen molar-refractivity contribution < 1.29 is 18.9 Å². The molecular formula is C20H19NO4S. The summed E-state index contributed by atoms with van der Waals surface area (Å²) in [5.74, 6) is 3.00. The third-order valence-electron chi connectivity index (χ3n) is 4.05. The summed E-state index contributed by atoms with van der Waals surface area (Å²) in [6.07, 6.45) is 0. The normalized spacial score (nSPS) is 12.7. The maximum atomic E-state index is 5.66. The van der Waals surface area contributed by atoms with Crippen molar-refractivity contribution in [1.29, 1.82) is 0 Å². The first-order chi connectivity index (χ1) is 12.8. The largest absolute Gasteiger partial charge is 0.493 e. The van der Waals surface area contributed by atoms with Crippen molar-refractivity contribution in [2.24, 2.45) is 0 Å². The molecule has 0 saturated heterocycles. The number of rotatable bonds is 5. The fourth-order valence-corrected chi connectivity index (χ4v) is 3.64. The zero-order chi connectivity index (χ0) is 17.9. The van der Waals surface area contributed by atoms with Crippen LogP contribution in [0, 0.1) is 0 Å². The van der Waals surface area contributed by atoms with Crippen LogP contribution in [0.1, 0.15) is 6.92 Å². The number of ether oxygens (including phenoxy) is 4. The Labute approximate surface area is 156 Å². The lowest BCUT2D eigenvalue weighted by Crippen LogP contribution is -2.15. The number of fused-ring (bicyclic) bond motifs is 1. The van der Waals surface area contributed by atoms with Crippen LogP contribution >= 0.6 is 11.3 Å². The van der Waals surface area contributed by atoms with E-state index in [1.807, 2.05) is 48.7 Å². The van der Waals surface area contributed by atoms with Gasteiger partial charge in [-0.05, 0) is 43.3 Å². The highest BCUT2D eigenvalue weighted by atomic mass is 32.1. The molecule has 4 rings (SSSR count). The monoisotopic (exact) mass is 369 g/mol. The van der Waals surface area contributed by atoms with Gasteiger partial charge in [-0.3, -0.25) is 0 Å². The first kappa shape index (κ1) is 16.7. The second kappa shape index (κ2) is 7.25. The number of hydrogen-bond donors (Lipinski definition) is 0. The quantitative estimate of drug-likeness (QED) is 0.655. The Morgan fingerprint density at radius 2 is 1.81 bits per heavy atom. The molecular weight excluding hydrogens is 350 g/mol. The average Bonchev–Trinajstić information content (AvgIpc) is 3.18. The fraction of sp³-hybridized carbons (Fsp3) is 0.250. The highest BCUT2D eigenvalue weighted by Crippen LogP contribution is 2.38. The Kier molecular flexibility index (Phi) is 4.67. The van der Waals surface area contributed by atoms with Crippen molar-refractivity contribution >= 4 is 11.3 Å². The molecule has 0 aliphatic carbocycles. The minimum atomic E-state index is 0.574. The van der Waals surface area contributed by atoms with Gasteiger partial charge in [0.25, 0.3) is 0 Å². The molecule has 0 atom stereocenters. The molecule has 0 bridgehead atoms. The van der Waals surface area contributed by atoms with Gasteiger partial charge in [0, 0.05) is 16.5 Å². The zero-order valence-electron chi connectivity index (χ0n) is 14.7. The molecule has 2 aromatic carbocycles. The molecule has 26 heavy (non-hydrogen) atoms. The van der Waals surface area contributed by atoms with E-state index in [0.29, 0.717) is 25.6 Å². The van der Waals surface area contributed by atoms with Gasteiger partial charge < -0.3 is 18.9 Å². The Morgan fingerprint density at radius 1 is 1.00 bits per heavy atom. The summed E-state index contributed by atoms with van der Waals surface area (Å²) in [5.41, 5.74) is 2.92. The number of methoxy groups -OCH3 is 1. The highest BCUT2D eigenvalue weighted by Gasteiger charge is 2.15.